The molecule has 15 heavy (non-hydrogen) atoms. The second kappa shape index (κ2) is 5.66. The third-order valence-corrected chi connectivity index (χ3v) is 2.57. The predicted octanol–water partition coefficient (Wildman–Crippen LogP) is 1.46. The van der Waals surface area contributed by atoms with Gasteiger partial charge in [-0.15, -0.1) is 0 Å². The Morgan fingerprint density at radius 1 is 1.67 bits per heavy atom. The molecule has 0 bridgehead atoms. The molecule has 1 aromatic rings. The molecule has 0 amide bonds. The van der Waals surface area contributed by atoms with Crippen molar-refractivity contribution in [2.24, 2.45) is 11.7 Å². The third-order valence-electron chi connectivity index (χ3n) is 2.57. The van der Waals surface area contributed by atoms with Crippen LogP contribution in [0.4, 0.5) is 0 Å². The number of Topliss-reactive ketones (excluding diaryl/α,β-unsaturated/α-hetero) is 1. The average Bonchev–Trinajstić information content (AvgIpc) is 2.72. The first kappa shape index (κ1) is 11.9. The van der Waals surface area contributed by atoms with Crippen molar-refractivity contribution in [1.29, 1.82) is 0 Å². The van der Waals surface area contributed by atoms with Gasteiger partial charge in [-0.1, -0.05) is 6.92 Å². The Morgan fingerprint density at radius 3 is 3.00 bits per heavy atom. The summed E-state index contributed by atoms with van der Waals surface area (Å²) < 4.78 is 1.88. The summed E-state index contributed by atoms with van der Waals surface area (Å²) in [6.45, 7) is 5.36. The Hall–Kier alpha value is -1.16. The van der Waals surface area contributed by atoms with Crippen LogP contribution >= 0.6 is 0 Å². The van der Waals surface area contributed by atoms with Crippen LogP contribution in [-0.2, 0) is 6.54 Å². The predicted molar refractivity (Wildman–Crippen MR) is 59.7 cm³/mol. The van der Waals surface area contributed by atoms with E-state index in [0.29, 0.717) is 12.4 Å². The number of hydrogen-bond acceptors (Lipinski definition) is 3. The molecule has 84 valence electrons. The van der Waals surface area contributed by atoms with Crippen molar-refractivity contribution in [2.45, 2.75) is 33.2 Å². The first-order valence-electron chi connectivity index (χ1n) is 5.46. The van der Waals surface area contributed by atoms with Crippen molar-refractivity contribution in [1.82, 2.24) is 9.55 Å². The number of aryl methyl sites for hydroxylation is 1. The summed E-state index contributed by atoms with van der Waals surface area (Å²) in [7, 11) is 0. The highest BCUT2D eigenvalue weighted by molar-refractivity contribution is 5.94. The van der Waals surface area contributed by atoms with Gasteiger partial charge in [0.05, 0.1) is 0 Å². The lowest BCUT2D eigenvalue weighted by Gasteiger charge is -2.10. The minimum absolute atomic E-state index is 0.0150. The number of imidazole rings is 1. The summed E-state index contributed by atoms with van der Waals surface area (Å²) in [4.78, 5) is 16.1. The molecular weight excluding hydrogens is 190 g/mol. The van der Waals surface area contributed by atoms with Crippen molar-refractivity contribution in [3.8, 4) is 0 Å². The molecule has 1 atom stereocenters. The molecule has 0 fully saturated rings. The zero-order valence-electron chi connectivity index (χ0n) is 9.44. The molecule has 4 heteroatoms. The van der Waals surface area contributed by atoms with Crippen LogP contribution in [0.3, 0.4) is 0 Å². The van der Waals surface area contributed by atoms with Crippen LogP contribution in [-0.4, -0.2) is 21.9 Å². The molecule has 2 N–H and O–H groups in total. The van der Waals surface area contributed by atoms with Gasteiger partial charge in [-0.3, -0.25) is 4.79 Å². The second-order valence-corrected chi connectivity index (χ2v) is 3.73. The first-order valence-corrected chi connectivity index (χ1v) is 5.46. The number of rotatable bonds is 6. The molecule has 1 aromatic heterocycles. The van der Waals surface area contributed by atoms with E-state index >= 15 is 0 Å². The normalized spacial score (nSPS) is 12.7. The largest absolute Gasteiger partial charge is 0.330 e. The van der Waals surface area contributed by atoms with Gasteiger partial charge in [0.1, 0.15) is 0 Å². The Bertz CT molecular complexity index is 319. The number of carbonyl (C=O) groups excluding carboxylic acids is 1. The van der Waals surface area contributed by atoms with Gasteiger partial charge in [0, 0.05) is 24.9 Å². The van der Waals surface area contributed by atoms with E-state index in [1.54, 1.807) is 6.20 Å². The van der Waals surface area contributed by atoms with Crippen LogP contribution in [0.15, 0.2) is 12.4 Å². The second-order valence-electron chi connectivity index (χ2n) is 3.73. The fourth-order valence-electron chi connectivity index (χ4n) is 1.57. The van der Waals surface area contributed by atoms with E-state index in [2.05, 4.69) is 4.98 Å². The summed E-state index contributed by atoms with van der Waals surface area (Å²) in [6.07, 6.45) is 5.24. The minimum Gasteiger partial charge on any atom is -0.330 e. The van der Waals surface area contributed by atoms with Gasteiger partial charge in [0.2, 0.25) is 5.78 Å². The van der Waals surface area contributed by atoms with E-state index in [-0.39, 0.29) is 11.7 Å². The highest BCUT2D eigenvalue weighted by Crippen LogP contribution is 2.12. The molecule has 0 spiro atoms. The van der Waals surface area contributed by atoms with E-state index in [1.807, 2.05) is 24.6 Å². The molecule has 0 saturated carbocycles. The van der Waals surface area contributed by atoms with E-state index in [9.17, 15) is 4.79 Å². The van der Waals surface area contributed by atoms with E-state index in [4.69, 9.17) is 5.73 Å². The van der Waals surface area contributed by atoms with E-state index < -0.39 is 0 Å². The molecule has 0 aromatic carbocycles. The molecule has 4 nitrogen and oxygen atoms in total. The van der Waals surface area contributed by atoms with Gasteiger partial charge < -0.3 is 10.3 Å². The molecule has 0 radical (unpaired) electrons. The standard InChI is InChI=1S/C11H19N3O/c1-3-14-8-7-13-11(14)10(15)9(2)5-4-6-12/h7-9H,3-6,12H2,1-2H3. The van der Waals surface area contributed by atoms with Gasteiger partial charge in [-0.2, -0.15) is 0 Å². The van der Waals surface area contributed by atoms with Crippen LogP contribution in [0.5, 0.6) is 0 Å². The number of nitrogens with zero attached hydrogens (tertiary/aromatic N) is 2. The molecule has 0 saturated heterocycles. The van der Waals surface area contributed by atoms with Crippen LogP contribution in [0.2, 0.25) is 0 Å². The SMILES string of the molecule is CCn1ccnc1C(=O)C(C)CCCN. The first-order chi connectivity index (χ1) is 7.20. The van der Waals surface area contributed by atoms with E-state index in [1.165, 1.54) is 0 Å². The number of carbonyl (C=O) groups is 1. The number of hydrogen-bond donors (Lipinski definition) is 1. The quantitative estimate of drug-likeness (QED) is 0.721. The van der Waals surface area contributed by atoms with Crippen molar-refractivity contribution < 1.29 is 4.79 Å². The molecule has 1 rings (SSSR count). The highest BCUT2D eigenvalue weighted by Gasteiger charge is 2.18. The van der Waals surface area contributed by atoms with Gasteiger partial charge in [-0.25, -0.2) is 4.98 Å². The molecule has 1 unspecified atom stereocenters. The Kier molecular flexibility index (Phi) is 4.49. The summed E-state index contributed by atoms with van der Waals surface area (Å²) >= 11 is 0. The zero-order chi connectivity index (χ0) is 11.3. The van der Waals surface area contributed by atoms with E-state index in [0.717, 1.165) is 19.4 Å². The van der Waals surface area contributed by atoms with Crippen molar-refractivity contribution in [2.75, 3.05) is 6.54 Å². The van der Waals surface area contributed by atoms with Crippen LogP contribution in [0.25, 0.3) is 0 Å². The topological polar surface area (TPSA) is 60.9 Å². The van der Waals surface area contributed by atoms with Crippen molar-refractivity contribution >= 4 is 5.78 Å². The van der Waals surface area contributed by atoms with Gasteiger partial charge in [-0.05, 0) is 26.3 Å². The summed E-state index contributed by atoms with van der Waals surface area (Å²) in [5, 5.41) is 0. The smallest absolute Gasteiger partial charge is 0.201 e. The molecular formula is C11H19N3O. The number of aromatic nitrogens is 2. The monoisotopic (exact) mass is 209 g/mol. The molecule has 0 aliphatic heterocycles. The zero-order valence-corrected chi connectivity index (χ0v) is 9.44. The summed E-state index contributed by atoms with van der Waals surface area (Å²) in [5.74, 6) is 0.707. The van der Waals surface area contributed by atoms with Crippen LogP contribution in [0.1, 0.15) is 37.3 Å². The lowest BCUT2D eigenvalue weighted by atomic mass is 10.00. The Labute approximate surface area is 90.5 Å². The van der Waals surface area contributed by atoms with Gasteiger partial charge >= 0.3 is 0 Å². The van der Waals surface area contributed by atoms with Crippen LogP contribution in [0, 0.1) is 5.92 Å². The maximum Gasteiger partial charge on any atom is 0.201 e. The fraction of sp³-hybridized carbons (Fsp3) is 0.636. The molecule has 1 heterocycles. The van der Waals surface area contributed by atoms with Crippen molar-refractivity contribution in [3.63, 3.8) is 0 Å². The van der Waals surface area contributed by atoms with Gasteiger partial charge in [0.15, 0.2) is 5.82 Å². The summed E-state index contributed by atoms with van der Waals surface area (Å²) in [5.41, 5.74) is 5.42. The minimum atomic E-state index is 0.0150. The number of ketones is 1. The fourth-order valence-corrected chi connectivity index (χ4v) is 1.57. The average molecular weight is 209 g/mol. The Balaban J connectivity index is 2.67. The highest BCUT2D eigenvalue weighted by atomic mass is 16.1. The van der Waals surface area contributed by atoms with Gasteiger partial charge in [0.25, 0.3) is 0 Å². The maximum absolute atomic E-state index is 12.0. The van der Waals surface area contributed by atoms with Crippen LogP contribution < -0.4 is 5.73 Å². The third kappa shape index (κ3) is 2.89. The lowest BCUT2D eigenvalue weighted by Crippen LogP contribution is -2.18. The lowest BCUT2D eigenvalue weighted by molar-refractivity contribution is 0.0908. The molecule has 0 aliphatic carbocycles. The summed E-state index contributed by atoms with van der Waals surface area (Å²) in [6, 6.07) is 0. The maximum atomic E-state index is 12.0. The molecule has 0 aliphatic rings. The Morgan fingerprint density at radius 2 is 2.40 bits per heavy atom. The number of nitrogens with two attached hydrogens (primary N) is 1. The van der Waals surface area contributed by atoms with Crippen molar-refractivity contribution in [3.05, 3.63) is 18.2 Å².